The Morgan fingerprint density at radius 3 is 2.59 bits per heavy atom. The first kappa shape index (κ1) is 18.7. The van der Waals surface area contributed by atoms with Gasteiger partial charge in [0.2, 0.25) is 0 Å². The molecule has 0 bridgehead atoms. The Balaban J connectivity index is 2.09. The number of aryl methyl sites for hydroxylation is 1. The number of tetrazole rings is 1. The Morgan fingerprint density at radius 2 is 1.96 bits per heavy atom. The molecule has 2 aromatic carbocycles. The predicted octanol–water partition coefficient (Wildman–Crippen LogP) is 3.70. The second-order valence-electron chi connectivity index (χ2n) is 7.18. The van der Waals surface area contributed by atoms with Gasteiger partial charge in [-0.25, -0.2) is 9.07 Å². The molecule has 1 aromatic heterocycles. The minimum Gasteiger partial charge on any atom is -0.347 e. The first-order valence-corrected chi connectivity index (χ1v) is 8.76. The molecule has 27 heavy (non-hydrogen) atoms. The second kappa shape index (κ2) is 7.26. The number of aromatic nitrogens is 4. The maximum absolute atomic E-state index is 14.0. The molecule has 0 atom stereocenters. The van der Waals surface area contributed by atoms with Crippen LogP contribution >= 0.6 is 0 Å². The fourth-order valence-electron chi connectivity index (χ4n) is 2.56. The van der Waals surface area contributed by atoms with Crippen LogP contribution in [0.15, 0.2) is 42.7 Å². The van der Waals surface area contributed by atoms with Gasteiger partial charge in [0.15, 0.2) is 0 Å². The van der Waals surface area contributed by atoms with E-state index in [1.807, 2.05) is 32.9 Å². The molecule has 1 amide bonds. The Bertz CT molecular complexity index is 967. The van der Waals surface area contributed by atoms with Gasteiger partial charge in [-0.1, -0.05) is 19.1 Å². The Kier molecular flexibility index (Phi) is 5.03. The number of amides is 1. The van der Waals surface area contributed by atoms with E-state index < -0.39 is 0 Å². The fraction of sp³-hybridized carbons (Fsp3) is 0.300. The molecule has 3 aromatic rings. The molecule has 0 saturated heterocycles. The summed E-state index contributed by atoms with van der Waals surface area (Å²) in [5, 5.41) is 14.2. The largest absolute Gasteiger partial charge is 0.347 e. The highest BCUT2D eigenvalue weighted by molar-refractivity contribution is 5.96. The van der Waals surface area contributed by atoms with Gasteiger partial charge >= 0.3 is 0 Å². The summed E-state index contributed by atoms with van der Waals surface area (Å²) in [5.41, 5.74) is 2.70. The van der Waals surface area contributed by atoms with Gasteiger partial charge in [0.05, 0.1) is 5.69 Å². The van der Waals surface area contributed by atoms with Crippen molar-refractivity contribution in [2.75, 3.05) is 0 Å². The number of rotatable bonds is 5. The molecule has 6 nitrogen and oxygen atoms in total. The zero-order valence-corrected chi connectivity index (χ0v) is 15.8. The van der Waals surface area contributed by atoms with Crippen LogP contribution in [0.4, 0.5) is 4.39 Å². The first-order chi connectivity index (χ1) is 12.8. The molecule has 0 aliphatic carbocycles. The van der Waals surface area contributed by atoms with Crippen LogP contribution < -0.4 is 5.32 Å². The Labute approximate surface area is 157 Å². The first-order valence-electron chi connectivity index (χ1n) is 8.76. The average Bonchev–Trinajstić information content (AvgIpc) is 3.18. The van der Waals surface area contributed by atoms with Crippen LogP contribution in [-0.4, -0.2) is 31.7 Å². The van der Waals surface area contributed by atoms with Crippen LogP contribution in [0.2, 0.25) is 0 Å². The summed E-state index contributed by atoms with van der Waals surface area (Å²) in [6.45, 7) is 7.65. The quantitative estimate of drug-likeness (QED) is 0.746. The standard InChI is InChI=1S/C20H22FN5O/c1-5-20(3,4)23-19(27)16-8-15(14-7-6-13(2)18(21)11-14)9-17(10-16)26-12-22-24-25-26/h6-12H,5H2,1-4H3,(H,23,27). The monoisotopic (exact) mass is 367 g/mol. The van der Waals surface area contributed by atoms with E-state index >= 15 is 0 Å². The van der Waals surface area contributed by atoms with E-state index in [-0.39, 0.29) is 17.3 Å². The summed E-state index contributed by atoms with van der Waals surface area (Å²) in [6.07, 6.45) is 2.24. The average molecular weight is 367 g/mol. The van der Waals surface area contributed by atoms with E-state index in [0.29, 0.717) is 27.9 Å². The van der Waals surface area contributed by atoms with Gasteiger partial charge in [0, 0.05) is 11.1 Å². The molecule has 1 heterocycles. The summed E-state index contributed by atoms with van der Waals surface area (Å²) >= 11 is 0. The summed E-state index contributed by atoms with van der Waals surface area (Å²) in [5.74, 6) is -0.496. The maximum Gasteiger partial charge on any atom is 0.251 e. The van der Waals surface area contributed by atoms with Crippen LogP contribution in [0, 0.1) is 12.7 Å². The third-order valence-electron chi connectivity index (χ3n) is 4.63. The number of benzene rings is 2. The molecule has 0 aliphatic rings. The van der Waals surface area contributed by atoms with Gasteiger partial charge in [0.1, 0.15) is 12.1 Å². The second-order valence-corrected chi connectivity index (χ2v) is 7.18. The van der Waals surface area contributed by atoms with Crippen molar-refractivity contribution in [2.45, 2.75) is 39.7 Å². The van der Waals surface area contributed by atoms with Crippen molar-refractivity contribution in [1.82, 2.24) is 25.5 Å². The number of halogens is 1. The van der Waals surface area contributed by atoms with E-state index in [9.17, 15) is 9.18 Å². The van der Waals surface area contributed by atoms with Gasteiger partial charge in [0.25, 0.3) is 5.91 Å². The van der Waals surface area contributed by atoms with Crippen LogP contribution in [0.1, 0.15) is 43.1 Å². The van der Waals surface area contributed by atoms with Crippen LogP contribution in [0.25, 0.3) is 16.8 Å². The smallest absolute Gasteiger partial charge is 0.251 e. The maximum atomic E-state index is 14.0. The van der Waals surface area contributed by atoms with Crippen molar-refractivity contribution in [3.8, 4) is 16.8 Å². The SMILES string of the molecule is CCC(C)(C)NC(=O)c1cc(-c2ccc(C)c(F)c2)cc(-n2cnnn2)c1. The fourth-order valence-corrected chi connectivity index (χ4v) is 2.56. The van der Waals surface area contributed by atoms with Crippen LogP contribution in [0.3, 0.4) is 0 Å². The van der Waals surface area contributed by atoms with E-state index in [4.69, 9.17) is 0 Å². The van der Waals surface area contributed by atoms with Gasteiger partial charge in [-0.3, -0.25) is 4.79 Å². The van der Waals surface area contributed by atoms with Gasteiger partial charge < -0.3 is 5.32 Å². The van der Waals surface area contributed by atoms with Gasteiger partial charge in [-0.2, -0.15) is 0 Å². The van der Waals surface area contributed by atoms with Crippen molar-refractivity contribution in [3.05, 3.63) is 59.7 Å². The summed E-state index contributed by atoms with van der Waals surface area (Å²) in [7, 11) is 0. The number of hydrogen-bond acceptors (Lipinski definition) is 4. The minimum absolute atomic E-state index is 0.203. The highest BCUT2D eigenvalue weighted by Gasteiger charge is 2.20. The molecule has 3 rings (SSSR count). The molecule has 0 aliphatic heterocycles. The summed E-state index contributed by atoms with van der Waals surface area (Å²) in [4.78, 5) is 12.8. The molecule has 1 N–H and O–H groups in total. The molecule has 0 radical (unpaired) electrons. The molecule has 140 valence electrons. The number of carbonyl (C=O) groups is 1. The van der Waals surface area contributed by atoms with E-state index in [0.717, 1.165) is 6.42 Å². The number of nitrogens with zero attached hydrogens (tertiary/aromatic N) is 4. The van der Waals surface area contributed by atoms with Gasteiger partial charge in [-0.05, 0) is 78.6 Å². The van der Waals surface area contributed by atoms with Crippen molar-refractivity contribution in [2.24, 2.45) is 0 Å². The highest BCUT2D eigenvalue weighted by atomic mass is 19.1. The number of nitrogens with one attached hydrogen (secondary N) is 1. The lowest BCUT2D eigenvalue weighted by molar-refractivity contribution is 0.0911. The Hall–Kier alpha value is -3.09. The zero-order chi connectivity index (χ0) is 19.6. The zero-order valence-electron chi connectivity index (χ0n) is 15.8. The van der Waals surface area contributed by atoms with Crippen LogP contribution in [-0.2, 0) is 0 Å². The van der Waals surface area contributed by atoms with Gasteiger partial charge in [-0.15, -0.1) is 5.10 Å². The van der Waals surface area contributed by atoms with Crippen molar-refractivity contribution in [1.29, 1.82) is 0 Å². The van der Waals surface area contributed by atoms with E-state index in [1.165, 1.54) is 17.1 Å². The highest BCUT2D eigenvalue weighted by Crippen LogP contribution is 2.26. The third kappa shape index (κ3) is 4.19. The predicted molar refractivity (Wildman–Crippen MR) is 101 cm³/mol. The van der Waals surface area contributed by atoms with Crippen molar-refractivity contribution in [3.63, 3.8) is 0 Å². The minimum atomic E-state index is -0.335. The van der Waals surface area contributed by atoms with Crippen LogP contribution in [0.5, 0.6) is 0 Å². The molecule has 0 unspecified atom stereocenters. The third-order valence-corrected chi connectivity index (χ3v) is 4.63. The number of carbonyl (C=O) groups excluding carboxylic acids is 1. The lowest BCUT2D eigenvalue weighted by Gasteiger charge is -2.24. The van der Waals surface area contributed by atoms with E-state index in [1.54, 1.807) is 25.1 Å². The summed E-state index contributed by atoms with van der Waals surface area (Å²) < 4.78 is 15.5. The normalized spacial score (nSPS) is 11.4. The lowest BCUT2D eigenvalue weighted by Crippen LogP contribution is -2.42. The molecular formula is C20H22FN5O. The number of hydrogen-bond donors (Lipinski definition) is 1. The lowest BCUT2D eigenvalue weighted by atomic mass is 9.98. The van der Waals surface area contributed by atoms with Crippen molar-refractivity contribution >= 4 is 5.91 Å². The molecular weight excluding hydrogens is 345 g/mol. The topological polar surface area (TPSA) is 72.7 Å². The summed E-state index contributed by atoms with van der Waals surface area (Å²) in [6, 6.07) is 10.3. The molecule has 0 saturated carbocycles. The Morgan fingerprint density at radius 1 is 1.19 bits per heavy atom. The van der Waals surface area contributed by atoms with Crippen molar-refractivity contribution < 1.29 is 9.18 Å². The molecule has 7 heteroatoms. The molecule has 0 fully saturated rings. The van der Waals surface area contributed by atoms with E-state index in [2.05, 4.69) is 20.8 Å². The molecule has 0 spiro atoms.